The fourth-order valence-corrected chi connectivity index (χ4v) is 23.5. The van der Waals surface area contributed by atoms with Crippen LogP contribution >= 0.6 is 0 Å². The van der Waals surface area contributed by atoms with Crippen LogP contribution in [0.4, 0.5) is 13.2 Å². The number of aryl methyl sites for hydroxylation is 2. The number of rotatable bonds is 24. The molecule has 24 rings (SSSR count). The molecule has 16 heterocycles. The first-order valence-corrected chi connectivity index (χ1v) is 46.7. The minimum Gasteiger partial charge on any atom is -0.490 e. The van der Waals surface area contributed by atoms with Crippen molar-refractivity contribution >= 4 is 29.5 Å². The second-order valence-electron chi connectivity index (χ2n) is 38.5. The predicted octanol–water partition coefficient (Wildman–Crippen LogP) is 16.2. The Kier molecular flexibility index (Phi) is 32.2. The Bertz CT molecular complexity index is 4380. The molecule has 126 heavy (non-hydrogen) atoms. The van der Waals surface area contributed by atoms with Gasteiger partial charge in [0.1, 0.15) is 29.7 Å². The lowest BCUT2D eigenvalue weighted by Gasteiger charge is -2.49. The van der Waals surface area contributed by atoms with E-state index in [-0.39, 0.29) is 111 Å². The third kappa shape index (κ3) is 22.7. The fourth-order valence-electron chi connectivity index (χ4n) is 23.5. The molecule has 6 aromatic rings. The lowest BCUT2D eigenvalue weighted by atomic mass is 9.65. The number of ketones is 2. The molecule has 0 amide bonds. The van der Waals surface area contributed by atoms with E-state index in [0.717, 1.165) is 192 Å². The molecule has 15 saturated heterocycles. The number of piperidine rings is 15. The van der Waals surface area contributed by atoms with Crippen molar-refractivity contribution in [3.05, 3.63) is 225 Å². The largest absolute Gasteiger partial charge is 0.490 e. The summed E-state index contributed by atoms with van der Waals surface area (Å²) in [4.78, 5) is 74.3. The molecule has 0 saturated carbocycles. The summed E-state index contributed by atoms with van der Waals surface area (Å²) in [5.41, 5.74) is 12.1. The molecular weight excluding hydrogens is 1600 g/mol. The molecule has 22 heteroatoms. The molecule has 18 aliphatic rings. The number of nitrogens with zero attached hydrogens (tertiary/aromatic N) is 5. The molecule has 682 valence electrons. The van der Waals surface area contributed by atoms with E-state index in [2.05, 4.69) is 90.5 Å². The van der Waals surface area contributed by atoms with Gasteiger partial charge in [-0.25, -0.2) is 27.6 Å². The van der Waals surface area contributed by atoms with Gasteiger partial charge in [0.15, 0.2) is 23.8 Å². The molecule has 15 fully saturated rings. The molecule has 6 aromatic carbocycles. The number of halogens is 3. The van der Waals surface area contributed by atoms with Crippen LogP contribution in [0.5, 0.6) is 0 Å². The minimum absolute atomic E-state index is 0.0404. The number of benzene rings is 6. The van der Waals surface area contributed by atoms with Gasteiger partial charge in [0, 0.05) is 58.7 Å². The second-order valence-corrected chi connectivity index (χ2v) is 38.5. The first kappa shape index (κ1) is 94.1. The molecule has 10 bridgehead atoms. The number of nitrogens with one attached hydrogen (secondary N) is 1. The van der Waals surface area contributed by atoms with Crippen molar-refractivity contribution in [2.75, 3.05) is 154 Å². The van der Waals surface area contributed by atoms with Gasteiger partial charge in [0.25, 0.3) is 0 Å². The number of hydrogen-bond acceptors (Lipinski definition) is 18. The highest BCUT2D eigenvalue weighted by Crippen LogP contribution is 2.52. The summed E-state index contributed by atoms with van der Waals surface area (Å²) in [5.74, 6) is -1.62. The number of fused-ring (bicyclic) bond motifs is 18. The summed E-state index contributed by atoms with van der Waals surface area (Å²) < 4.78 is 76.9. The number of esters is 2. The monoisotopic (exact) mass is 1740 g/mol. The number of Topliss-reactive ketones (excluding diaryl/α,β-unsaturated/α-hetero) is 2. The third-order valence-corrected chi connectivity index (χ3v) is 31.8. The van der Waals surface area contributed by atoms with E-state index in [1.165, 1.54) is 176 Å². The summed E-state index contributed by atoms with van der Waals surface area (Å²) in [6.45, 7) is 18.2. The van der Waals surface area contributed by atoms with Gasteiger partial charge < -0.3 is 68.1 Å². The Morgan fingerprint density at radius 3 is 1.02 bits per heavy atom. The number of aliphatic carboxylic acids is 1. The summed E-state index contributed by atoms with van der Waals surface area (Å²) in [7, 11) is 10.8. The van der Waals surface area contributed by atoms with Crippen molar-refractivity contribution < 1.29 is 75.4 Å². The van der Waals surface area contributed by atoms with E-state index < -0.39 is 12.1 Å². The summed E-state index contributed by atoms with van der Waals surface area (Å²) >= 11 is 0. The van der Waals surface area contributed by atoms with Crippen LogP contribution in [0, 0.1) is 56.4 Å². The second kappa shape index (κ2) is 43.2. The van der Waals surface area contributed by atoms with Crippen molar-refractivity contribution in [1.29, 1.82) is 0 Å². The Morgan fingerprint density at radius 1 is 0.381 bits per heavy atom. The number of methoxy groups -OCH3 is 7. The number of hydrogen-bond donors (Lipinski definition) is 2. The number of carbonyl (C=O) groups is 5. The predicted molar refractivity (Wildman–Crippen MR) is 481 cm³/mol. The SMILES string of the molecule is COC(=O)/C(=C\C12CCN(CC1)CC2)OC.COC(=O)C(CC12CCN(CC1)CC2)OC.COC(CC12CCN(CC1)CC2)C(=O)O.CO[C@@H](CC12CCN(CC1)CC2)C(=O)C1CCc2ccccc2[C@@H]1c1ccc(F)cc1.CO[C@H](CC12CCN(CC1)CC2)C(=O)C1CCc2ccccc2[C@@H]1c1ccc(F)cc1.Fc1ccc([C@@H]2NCCc3ccccc32)cc1. The number of carbonyl (C=O) groups excluding carboxylic acids is 4. The fraction of sp³-hybridized carbons (Fsp3) is 0.587. The Balaban J connectivity index is 0.000000126. The van der Waals surface area contributed by atoms with Gasteiger partial charge in [0.2, 0.25) is 5.76 Å². The zero-order valence-electron chi connectivity index (χ0n) is 75.6. The van der Waals surface area contributed by atoms with Crippen LogP contribution in [0.25, 0.3) is 0 Å². The number of carboxylic acid groups (broad SMARTS) is 1. The van der Waals surface area contributed by atoms with Crippen LogP contribution in [0.15, 0.2) is 157 Å². The van der Waals surface area contributed by atoms with Crippen LogP contribution in [0.3, 0.4) is 0 Å². The molecule has 9 atom stereocenters. The van der Waals surface area contributed by atoms with E-state index in [1.807, 2.05) is 54.6 Å². The molecule has 2 aliphatic carbocycles. The minimum atomic E-state index is -0.820. The van der Waals surface area contributed by atoms with Crippen LogP contribution in [0.2, 0.25) is 0 Å². The van der Waals surface area contributed by atoms with Gasteiger partial charge in [0.05, 0.1) is 27.4 Å². The van der Waals surface area contributed by atoms with Gasteiger partial charge >= 0.3 is 17.9 Å². The molecule has 4 unspecified atom stereocenters. The van der Waals surface area contributed by atoms with Crippen LogP contribution < -0.4 is 5.32 Å². The zero-order chi connectivity index (χ0) is 88.6. The molecule has 0 radical (unpaired) electrons. The molecule has 19 nitrogen and oxygen atoms in total. The van der Waals surface area contributed by atoms with E-state index in [4.69, 9.17) is 38.3 Å². The first-order chi connectivity index (χ1) is 61.0. The molecule has 16 aliphatic heterocycles. The normalized spacial score (nSPS) is 30.6. The van der Waals surface area contributed by atoms with Gasteiger partial charge in [-0.15, -0.1) is 0 Å². The highest BCUT2D eigenvalue weighted by atomic mass is 19.1. The smallest absolute Gasteiger partial charge is 0.372 e. The summed E-state index contributed by atoms with van der Waals surface area (Å²) in [6, 6.07) is 45.7. The maximum atomic E-state index is 13.9. The summed E-state index contributed by atoms with van der Waals surface area (Å²) in [6.07, 6.45) is 25.4. The maximum Gasteiger partial charge on any atom is 0.372 e. The van der Waals surface area contributed by atoms with Crippen molar-refractivity contribution in [3.8, 4) is 0 Å². The average Bonchev–Trinajstić information content (AvgIpc) is 0.765. The average molecular weight is 1740 g/mol. The lowest BCUT2D eigenvalue weighted by molar-refractivity contribution is -0.156. The lowest BCUT2D eigenvalue weighted by Crippen LogP contribution is -2.50. The van der Waals surface area contributed by atoms with Gasteiger partial charge in [-0.1, -0.05) is 109 Å². The standard InChI is InChI=1S/2C27H32FNO2.C15H14FN.C12H21NO3.C12H19NO3.C11H19NO3/c2*1-31-24(18-27-12-15-29(16-13-27)17-14-27)26(30)23-11-8-19-4-2-3-5-22(19)25(23)20-6-9-21(28)10-7-20;16-13-7-5-12(6-8-13)15-14-4-2-1-3-11(14)9-10-17-15;2*1-15-10(11(14)16-2)9-12-3-6-13(7-4-12)8-5-12;1-15-9(10(13)14)8-11-2-5-12(6-3-11)7-4-11/h2*2-7,9-10,23-25H,8,11-18H2,1H3;1-8,15,17H,9-10H2;10H,3-9H2,1-2H3;9H,3-8H2,1-2H3;9H,2-8H2,1H3,(H,13,14)/b;;;;10-9+;/t23?,24-,25+;23?,24-,25-;15-;;;/m100.../s1. The van der Waals surface area contributed by atoms with Crippen LogP contribution in [-0.4, -0.2) is 238 Å². The number of ether oxygens (including phenoxy) is 7. The first-order valence-electron chi connectivity index (χ1n) is 46.7. The zero-order valence-corrected chi connectivity index (χ0v) is 75.6. The Morgan fingerprint density at radius 2 is 0.690 bits per heavy atom. The van der Waals surface area contributed by atoms with E-state index in [0.29, 0.717) is 17.6 Å². The van der Waals surface area contributed by atoms with Gasteiger partial charge in [-0.05, 0) is 372 Å². The van der Waals surface area contributed by atoms with E-state index >= 15 is 0 Å². The van der Waals surface area contributed by atoms with E-state index in [1.54, 1.807) is 21.3 Å². The topological polar surface area (TPSA) is 198 Å². The van der Waals surface area contributed by atoms with Crippen molar-refractivity contribution in [3.63, 3.8) is 0 Å². The summed E-state index contributed by atoms with van der Waals surface area (Å²) in [5, 5.41) is 12.5. The van der Waals surface area contributed by atoms with Gasteiger partial charge in [-0.3, -0.25) is 9.59 Å². The quantitative estimate of drug-likeness (QED) is 0.0329. The van der Waals surface area contributed by atoms with Crippen LogP contribution in [0.1, 0.15) is 203 Å². The van der Waals surface area contributed by atoms with Crippen LogP contribution in [-0.2, 0) is 76.4 Å². The van der Waals surface area contributed by atoms with Crippen molar-refractivity contribution in [1.82, 2.24) is 29.8 Å². The van der Waals surface area contributed by atoms with Crippen molar-refractivity contribution in [2.24, 2.45) is 38.9 Å². The molecule has 0 aromatic heterocycles. The highest BCUT2D eigenvalue weighted by molar-refractivity contribution is 5.88. The Labute approximate surface area is 745 Å². The third-order valence-electron chi connectivity index (χ3n) is 31.8. The maximum absolute atomic E-state index is 13.9. The van der Waals surface area contributed by atoms with Gasteiger partial charge in [-0.2, -0.15) is 0 Å². The number of carboxylic acids is 1. The van der Waals surface area contributed by atoms with E-state index in [9.17, 15) is 37.1 Å². The highest BCUT2D eigenvalue weighted by Gasteiger charge is 2.50. The molecule has 0 spiro atoms. The Hall–Kier alpha value is -8.00. The molecule has 2 N–H and O–H groups in total. The van der Waals surface area contributed by atoms with Crippen molar-refractivity contribution in [2.45, 2.75) is 196 Å². The number of allylic oxidation sites excluding steroid dienone is 1. The molecular formula is C104H137F3N6O13.